The van der Waals surface area contributed by atoms with Gasteiger partial charge in [0.05, 0.1) is 12.2 Å². The molecule has 0 saturated carbocycles. The van der Waals surface area contributed by atoms with Crippen molar-refractivity contribution in [3.8, 4) is 0 Å². The molecule has 6 heteroatoms. The molecule has 1 unspecified atom stereocenters. The van der Waals surface area contributed by atoms with Gasteiger partial charge in [-0.1, -0.05) is 18.2 Å². The first-order chi connectivity index (χ1) is 8.96. The van der Waals surface area contributed by atoms with Crippen LogP contribution in [0, 0.1) is 0 Å². The van der Waals surface area contributed by atoms with E-state index in [-0.39, 0.29) is 5.56 Å². The normalized spacial score (nSPS) is 29.2. The van der Waals surface area contributed by atoms with Crippen LogP contribution in [0.5, 0.6) is 0 Å². The summed E-state index contributed by atoms with van der Waals surface area (Å²) < 4.78 is 37.3. The van der Waals surface area contributed by atoms with Crippen LogP contribution in [0.25, 0.3) is 0 Å². The number of rotatable bonds is 3. The van der Waals surface area contributed by atoms with Crippen LogP contribution in [-0.4, -0.2) is 41.9 Å². The lowest BCUT2D eigenvalue weighted by atomic mass is 10.1. The molecule has 1 aromatic rings. The second-order valence-corrected chi connectivity index (χ2v) is 4.37. The molecule has 104 valence electrons. The maximum Gasteiger partial charge on any atom is 0.338 e. The summed E-state index contributed by atoms with van der Waals surface area (Å²) in [6.45, 7) is 0.547. The van der Waals surface area contributed by atoms with Crippen LogP contribution in [0.4, 0.5) is 8.78 Å². The molecule has 2 rings (SSSR count). The Morgan fingerprint density at radius 2 is 2.05 bits per heavy atom. The van der Waals surface area contributed by atoms with Gasteiger partial charge in [-0.25, -0.2) is 4.79 Å². The number of carbonyl (C=O) groups is 1. The lowest BCUT2D eigenvalue weighted by molar-refractivity contribution is -0.111. The average Bonchev–Trinajstić information content (AvgIpc) is 2.63. The molecular formula is C13H14F2O4. The number of halogens is 2. The van der Waals surface area contributed by atoms with E-state index in [1.54, 1.807) is 18.2 Å². The van der Waals surface area contributed by atoms with E-state index in [0.717, 1.165) is 0 Å². The zero-order valence-corrected chi connectivity index (χ0v) is 10.3. The van der Waals surface area contributed by atoms with Gasteiger partial charge in [0.1, 0.15) is 12.2 Å². The average molecular weight is 272 g/mol. The minimum Gasteiger partial charge on any atom is -0.449 e. The second-order valence-electron chi connectivity index (χ2n) is 4.37. The Labute approximate surface area is 108 Å². The van der Waals surface area contributed by atoms with Crippen LogP contribution in [0.3, 0.4) is 0 Å². The fourth-order valence-corrected chi connectivity index (χ4v) is 1.95. The summed E-state index contributed by atoms with van der Waals surface area (Å²) in [6, 6.07) is 7.84. The molecule has 1 aromatic carbocycles. The largest absolute Gasteiger partial charge is 0.449 e. The van der Waals surface area contributed by atoms with Crippen LogP contribution in [0.15, 0.2) is 30.3 Å². The predicted octanol–water partition coefficient (Wildman–Crippen LogP) is 1.63. The Morgan fingerprint density at radius 3 is 2.63 bits per heavy atom. The lowest BCUT2D eigenvalue weighted by Crippen LogP contribution is -2.43. The molecule has 1 saturated heterocycles. The maximum absolute atomic E-state index is 13.8. The smallest absolute Gasteiger partial charge is 0.338 e. The summed E-state index contributed by atoms with van der Waals surface area (Å²) in [4.78, 5) is 11.8. The summed E-state index contributed by atoms with van der Waals surface area (Å²) >= 11 is 0. The van der Waals surface area contributed by atoms with E-state index < -0.39 is 36.8 Å². The van der Waals surface area contributed by atoms with Crippen molar-refractivity contribution in [2.24, 2.45) is 0 Å². The Hall–Kier alpha value is -1.53. The molecule has 1 aliphatic rings. The van der Waals surface area contributed by atoms with E-state index >= 15 is 0 Å². The van der Waals surface area contributed by atoms with E-state index in [1.165, 1.54) is 19.1 Å². The molecule has 1 heterocycles. The van der Waals surface area contributed by atoms with Crippen LogP contribution in [0.1, 0.15) is 17.3 Å². The first-order valence-electron chi connectivity index (χ1n) is 5.87. The van der Waals surface area contributed by atoms with Crippen molar-refractivity contribution in [1.29, 1.82) is 0 Å². The highest BCUT2D eigenvalue weighted by Gasteiger charge is 2.59. The van der Waals surface area contributed by atoms with Gasteiger partial charge < -0.3 is 14.6 Å². The third-order valence-electron chi connectivity index (χ3n) is 3.06. The number of ether oxygens (including phenoxy) is 2. The SMILES string of the molecule is C[C@@H]1O[C@H](CO)C(OC(=O)c2ccccc2)C1(F)F. The van der Waals surface area contributed by atoms with Gasteiger partial charge >= 0.3 is 11.9 Å². The van der Waals surface area contributed by atoms with E-state index in [1.807, 2.05) is 0 Å². The summed E-state index contributed by atoms with van der Waals surface area (Å²) in [5.41, 5.74) is 0.176. The van der Waals surface area contributed by atoms with Crippen molar-refractivity contribution < 1.29 is 28.2 Å². The zero-order chi connectivity index (χ0) is 14.0. The number of aliphatic hydroxyl groups excluding tert-OH is 1. The first-order valence-corrected chi connectivity index (χ1v) is 5.87. The standard InChI is InChI=1S/C13H14F2O4/c1-8-13(14,15)11(10(7-16)18-8)19-12(17)9-5-3-2-4-6-9/h2-6,8,10-11,16H,7H2,1H3/t8-,10+,11?/m0/s1. The number of esters is 1. The molecule has 19 heavy (non-hydrogen) atoms. The highest BCUT2D eigenvalue weighted by atomic mass is 19.3. The van der Waals surface area contributed by atoms with Gasteiger partial charge in [-0.2, -0.15) is 8.78 Å². The Morgan fingerprint density at radius 1 is 1.42 bits per heavy atom. The van der Waals surface area contributed by atoms with E-state index in [0.29, 0.717) is 0 Å². The van der Waals surface area contributed by atoms with Crippen molar-refractivity contribution >= 4 is 5.97 Å². The maximum atomic E-state index is 13.8. The molecular weight excluding hydrogens is 258 g/mol. The monoisotopic (exact) mass is 272 g/mol. The topological polar surface area (TPSA) is 55.8 Å². The van der Waals surface area contributed by atoms with E-state index in [2.05, 4.69) is 0 Å². The summed E-state index contributed by atoms with van der Waals surface area (Å²) in [5, 5.41) is 9.02. The van der Waals surface area contributed by atoms with Crippen LogP contribution >= 0.6 is 0 Å². The number of alkyl halides is 2. The van der Waals surface area contributed by atoms with Crippen molar-refractivity contribution in [3.63, 3.8) is 0 Å². The van der Waals surface area contributed by atoms with Gasteiger partial charge in [0.25, 0.3) is 0 Å². The minimum absolute atomic E-state index is 0.176. The van der Waals surface area contributed by atoms with E-state index in [4.69, 9.17) is 14.6 Å². The molecule has 0 bridgehead atoms. The molecule has 0 amide bonds. The fraction of sp³-hybridized carbons (Fsp3) is 0.462. The molecule has 0 radical (unpaired) electrons. The molecule has 3 atom stereocenters. The number of carbonyl (C=O) groups excluding carboxylic acids is 1. The summed E-state index contributed by atoms with van der Waals surface area (Å²) in [5.74, 6) is -4.18. The summed E-state index contributed by atoms with van der Waals surface area (Å²) in [7, 11) is 0. The number of benzene rings is 1. The van der Waals surface area contributed by atoms with Crippen molar-refractivity contribution in [2.75, 3.05) is 6.61 Å². The fourth-order valence-electron chi connectivity index (χ4n) is 1.95. The summed E-state index contributed by atoms with van der Waals surface area (Å²) in [6.07, 6.45) is -4.39. The lowest BCUT2D eigenvalue weighted by Gasteiger charge is -2.22. The Balaban J connectivity index is 2.15. The van der Waals surface area contributed by atoms with Crippen LogP contribution in [0.2, 0.25) is 0 Å². The van der Waals surface area contributed by atoms with Gasteiger partial charge in [-0.15, -0.1) is 0 Å². The van der Waals surface area contributed by atoms with Crippen LogP contribution < -0.4 is 0 Å². The van der Waals surface area contributed by atoms with Gasteiger partial charge in [0.2, 0.25) is 0 Å². The highest BCUT2D eigenvalue weighted by Crippen LogP contribution is 2.38. The highest BCUT2D eigenvalue weighted by molar-refractivity contribution is 5.89. The molecule has 0 spiro atoms. The zero-order valence-electron chi connectivity index (χ0n) is 10.3. The van der Waals surface area contributed by atoms with Gasteiger partial charge in [0.15, 0.2) is 6.10 Å². The van der Waals surface area contributed by atoms with Crippen LogP contribution in [-0.2, 0) is 9.47 Å². The van der Waals surface area contributed by atoms with Crippen molar-refractivity contribution in [1.82, 2.24) is 0 Å². The van der Waals surface area contributed by atoms with Gasteiger partial charge in [0, 0.05) is 0 Å². The quantitative estimate of drug-likeness (QED) is 0.850. The molecule has 1 aliphatic heterocycles. The number of hydrogen-bond donors (Lipinski definition) is 1. The first kappa shape index (κ1) is 13.9. The second kappa shape index (κ2) is 5.22. The van der Waals surface area contributed by atoms with Gasteiger partial charge in [-0.3, -0.25) is 0 Å². The minimum atomic E-state index is -3.32. The van der Waals surface area contributed by atoms with Gasteiger partial charge in [-0.05, 0) is 19.1 Å². The molecule has 1 N–H and O–H groups in total. The molecule has 0 aromatic heterocycles. The molecule has 0 aliphatic carbocycles. The number of aliphatic hydroxyl groups is 1. The Bertz CT molecular complexity index is 449. The van der Waals surface area contributed by atoms with Crippen molar-refractivity contribution in [3.05, 3.63) is 35.9 Å². The van der Waals surface area contributed by atoms with Crippen molar-refractivity contribution in [2.45, 2.75) is 31.2 Å². The predicted molar refractivity (Wildman–Crippen MR) is 62.0 cm³/mol. The Kier molecular flexibility index (Phi) is 3.82. The molecule has 4 nitrogen and oxygen atoms in total. The van der Waals surface area contributed by atoms with E-state index in [9.17, 15) is 13.6 Å². The third kappa shape index (κ3) is 2.59. The third-order valence-corrected chi connectivity index (χ3v) is 3.06. The number of hydrogen-bond acceptors (Lipinski definition) is 4. The molecule has 1 fully saturated rings.